The van der Waals surface area contributed by atoms with Crippen molar-refractivity contribution in [3.8, 4) is 5.75 Å². The second kappa shape index (κ2) is 5.94. The topological polar surface area (TPSA) is 76.0 Å². The van der Waals surface area contributed by atoms with Gasteiger partial charge in [-0.25, -0.2) is 4.79 Å². The van der Waals surface area contributed by atoms with E-state index in [-0.39, 0.29) is 12.1 Å². The summed E-state index contributed by atoms with van der Waals surface area (Å²) >= 11 is 0. The van der Waals surface area contributed by atoms with E-state index in [0.29, 0.717) is 0 Å². The molecular formula is C10H10BF3O5. The van der Waals surface area contributed by atoms with Crippen LogP contribution in [0.4, 0.5) is 13.2 Å². The molecule has 0 heterocycles. The normalized spacial score (nSPS) is 11.1. The van der Waals surface area contributed by atoms with E-state index in [1.54, 1.807) is 0 Å². The van der Waals surface area contributed by atoms with Crippen LogP contribution in [0.5, 0.6) is 5.75 Å². The molecule has 19 heavy (non-hydrogen) atoms. The minimum absolute atomic E-state index is 0.0454. The summed E-state index contributed by atoms with van der Waals surface area (Å²) in [5.74, 6) is -1.82. The number of ether oxygens (including phenoxy) is 2. The van der Waals surface area contributed by atoms with Crippen molar-refractivity contribution in [3.63, 3.8) is 0 Å². The van der Waals surface area contributed by atoms with Gasteiger partial charge in [0.15, 0.2) is 0 Å². The first-order chi connectivity index (χ1) is 8.74. The van der Waals surface area contributed by atoms with E-state index < -0.39 is 30.8 Å². The Hall–Kier alpha value is -1.74. The zero-order chi connectivity index (χ0) is 14.6. The third kappa shape index (κ3) is 4.45. The Morgan fingerprint density at radius 1 is 1.37 bits per heavy atom. The molecule has 0 fully saturated rings. The molecule has 0 atom stereocenters. The van der Waals surface area contributed by atoms with E-state index >= 15 is 0 Å². The number of alkyl halides is 3. The summed E-state index contributed by atoms with van der Waals surface area (Å²) in [6, 6.07) is 2.67. The number of carbonyl (C=O) groups excluding carboxylic acids is 1. The van der Waals surface area contributed by atoms with Crippen molar-refractivity contribution in [2.45, 2.75) is 13.3 Å². The number of hydrogen-bond acceptors (Lipinski definition) is 5. The molecule has 0 bridgehead atoms. The first-order valence-corrected chi connectivity index (χ1v) is 5.17. The molecule has 0 aliphatic heterocycles. The molecule has 0 aliphatic rings. The van der Waals surface area contributed by atoms with Crippen molar-refractivity contribution < 1.29 is 37.5 Å². The highest BCUT2D eigenvalue weighted by Crippen LogP contribution is 2.26. The predicted molar refractivity (Wildman–Crippen MR) is 58.9 cm³/mol. The summed E-state index contributed by atoms with van der Waals surface area (Å²) in [6.07, 6.45) is -4.97. The summed E-state index contributed by atoms with van der Waals surface area (Å²) < 4.78 is 44.7. The number of halogens is 3. The monoisotopic (exact) mass is 278 g/mol. The molecule has 0 spiro atoms. The van der Waals surface area contributed by atoms with Crippen LogP contribution < -0.4 is 10.2 Å². The van der Waals surface area contributed by atoms with E-state index in [9.17, 15) is 18.0 Å². The predicted octanol–water partition coefficient (Wildman–Crippen LogP) is 0.442. The second-order valence-electron chi connectivity index (χ2n) is 3.40. The highest BCUT2D eigenvalue weighted by atomic mass is 19.4. The highest BCUT2D eigenvalue weighted by Gasteiger charge is 2.33. The fourth-order valence-electron chi connectivity index (χ4n) is 1.29. The lowest BCUT2D eigenvalue weighted by atomic mass is 9.79. The summed E-state index contributed by atoms with van der Waals surface area (Å²) in [7, 11) is -1.92. The van der Waals surface area contributed by atoms with Crippen LogP contribution in [0.3, 0.4) is 0 Å². The molecular weight excluding hydrogens is 268 g/mol. The van der Waals surface area contributed by atoms with Gasteiger partial charge in [-0.3, -0.25) is 0 Å². The number of rotatable bonds is 4. The van der Waals surface area contributed by atoms with E-state index in [2.05, 4.69) is 9.47 Å². The van der Waals surface area contributed by atoms with Crippen molar-refractivity contribution in [3.05, 3.63) is 23.8 Å². The smallest absolute Gasteiger partial charge is 0.462 e. The lowest BCUT2D eigenvalue weighted by Gasteiger charge is -2.13. The van der Waals surface area contributed by atoms with Crippen molar-refractivity contribution in [1.29, 1.82) is 0 Å². The van der Waals surface area contributed by atoms with Crippen LogP contribution in [-0.2, 0) is 4.74 Å². The standard InChI is InChI=1S/C10H10BF3O5/c1-2-18-9(15)7-5-6(11(16)17)3-4-8(7)19-10(12,13)14/h3-5,16-17H,2H2,1H3. The van der Waals surface area contributed by atoms with Crippen LogP contribution in [0, 0.1) is 0 Å². The molecule has 104 valence electrons. The van der Waals surface area contributed by atoms with Crippen molar-refractivity contribution in [1.82, 2.24) is 0 Å². The zero-order valence-corrected chi connectivity index (χ0v) is 9.77. The quantitative estimate of drug-likeness (QED) is 0.617. The van der Waals surface area contributed by atoms with Gasteiger partial charge in [0, 0.05) is 0 Å². The number of benzene rings is 1. The number of carbonyl (C=O) groups is 1. The van der Waals surface area contributed by atoms with E-state index in [1.165, 1.54) is 6.92 Å². The maximum Gasteiger partial charge on any atom is 0.573 e. The van der Waals surface area contributed by atoms with Gasteiger partial charge < -0.3 is 19.5 Å². The summed E-state index contributed by atoms with van der Waals surface area (Å²) in [4.78, 5) is 11.5. The summed E-state index contributed by atoms with van der Waals surface area (Å²) in [6.45, 7) is 1.43. The van der Waals surface area contributed by atoms with Gasteiger partial charge in [0.2, 0.25) is 0 Å². The minimum atomic E-state index is -4.97. The molecule has 0 saturated heterocycles. The Morgan fingerprint density at radius 3 is 2.47 bits per heavy atom. The van der Waals surface area contributed by atoms with Gasteiger partial charge in [0.1, 0.15) is 11.3 Å². The van der Waals surface area contributed by atoms with Gasteiger partial charge in [-0.05, 0) is 24.5 Å². The Labute approximate surface area is 106 Å². The summed E-state index contributed by atoms with van der Waals surface area (Å²) in [5.41, 5.74) is -0.692. The van der Waals surface area contributed by atoms with Crippen LogP contribution in [-0.4, -0.2) is 36.1 Å². The zero-order valence-electron chi connectivity index (χ0n) is 9.77. The molecule has 0 aliphatic carbocycles. The fraction of sp³-hybridized carbons (Fsp3) is 0.300. The fourth-order valence-corrected chi connectivity index (χ4v) is 1.29. The minimum Gasteiger partial charge on any atom is -0.462 e. The maximum atomic E-state index is 12.2. The van der Waals surface area contributed by atoms with Crippen molar-refractivity contribution in [2.24, 2.45) is 0 Å². The largest absolute Gasteiger partial charge is 0.573 e. The number of esters is 1. The molecule has 0 radical (unpaired) electrons. The van der Waals surface area contributed by atoms with Crippen LogP contribution in [0.2, 0.25) is 0 Å². The molecule has 1 aromatic rings. The lowest BCUT2D eigenvalue weighted by Crippen LogP contribution is -2.31. The molecule has 0 unspecified atom stereocenters. The third-order valence-corrected chi connectivity index (χ3v) is 2.02. The number of hydrogen-bond donors (Lipinski definition) is 2. The Morgan fingerprint density at radius 2 is 2.00 bits per heavy atom. The SMILES string of the molecule is CCOC(=O)c1cc(B(O)O)ccc1OC(F)(F)F. The Kier molecular flexibility index (Phi) is 4.79. The van der Waals surface area contributed by atoms with Gasteiger partial charge in [-0.15, -0.1) is 13.2 Å². The Balaban J connectivity index is 3.18. The molecule has 0 saturated carbocycles. The van der Waals surface area contributed by atoms with Gasteiger partial charge in [0.25, 0.3) is 0 Å². The van der Waals surface area contributed by atoms with E-state index in [4.69, 9.17) is 10.0 Å². The third-order valence-electron chi connectivity index (χ3n) is 2.02. The molecule has 2 N–H and O–H groups in total. The lowest BCUT2D eigenvalue weighted by molar-refractivity contribution is -0.274. The first kappa shape index (κ1) is 15.3. The van der Waals surface area contributed by atoms with Gasteiger partial charge in [0.05, 0.1) is 6.61 Å². The highest BCUT2D eigenvalue weighted by molar-refractivity contribution is 6.58. The van der Waals surface area contributed by atoms with Crippen LogP contribution in [0.15, 0.2) is 18.2 Å². The second-order valence-corrected chi connectivity index (χ2v) is 3.40. The van der Waals surface area contributed by atoms with Gasteiger partial charge in [-0.2, -0.15) is 0 Å². The molecule has 1 rings (SSSR count). The van der Waals surface area contributed by atoms with Gasteiger partial charge in [-0.1, -0.05) is 6.07 Å². The molecule has 0 amide bonds. The van der Waals surface area contributed by atoms with Crippen molar-refractivity contribution in [2.75, 3.05) is 6.61 Å². The van der Waals surface area contributed by atoms with E-state index in [0.717, 1.165) is 18.2 Å². The molecule has 1 aromatic carbocycles. The molecule has 0 aromatic heterocycles. The average molecular weight is 278 g/mol. The van der Waals surface area contributed by atoms with Crippen LogP contribution in [0.25, 0.3) is 0 Å². The van der Waals surface area contributed by atoms with Crippen LogP contribution >= 0.6 is 0 Å². The maximum absolute atomic E-state index is 12.2. The molecule has 5 nitrogen and oxygen atoms in total. The van der Waals surface area contributed by atoms with E-state index in [1.807, 2.05) is 0 Å². The van der Waals surface area contributed by atoms with Crippen LogP contribution in [0.1, 0.15) is 17.3 Å². The van der Waals surface area contributed by atoms with Crippen molar-refractivity contribution >= 4 is 18.6 Å². The Bertz CT molecular complexity index is 461. The summed E-state index contributed by atoms with van der Waals surface area (Å²) in [5, 5.41) is 17.8. The van der Waals surface area contributed by atoms with Gasteiger partial charge >= 0.3 is 19.5 Å². The molecule has 9 heteroatoms. The first-order valence-electron chi connectivity index (χ1n) is 5.17. The average Bonchev–Trinajstić information content (AvgIpc) is 2.27.